The molecule has 22 heavy (non-hydrogen) atoms. The van der Waals surface area contributed by atoms with Crippen molar-refractivity contribution >= 4 is 57.3 Å². The molecule has 0 aliphatic carbocycles. The topological polar surface area (TPSA) is 49.6 Å². The average molecular weight is 429 g/mol. The third-order valence-electron chi connectivity index (χ3n) is 3.64. The smallest absolute Gasteiger partial charge is 0.239 e. The lowest BCUT2D eigenvalue weighted by Crippen LogP contribution is -2.52. The van der Waals surface area contributed by atoms with Crippen LogP contribution in [0.25, 0.3) is 0 Å². The fraction of sp³-hybridized carbons (Fsp3) is 0.643. The molecule has 1 amide bonds. The number of carbonyl (C=O) groups is 1. The highest BCUT2D eigenvalue weighted by atomic mass is 79.9. The molecule has 1 aliphatic heterocycles. The number of nitrogens with zero attached hydrogens (tertiary/aromatic N) is 2. The number of nitrogens with two attached hydrogens (primary N) is 1. The first-order valence-corrected chi connectivity index (χ1v) is 10.1. The summed E-state index contributed by atoms with van der Waals surface area (Å²) >= 11 is 7.00. The normalized spacial score (nSPS) is 17.1. The molecule has 0 radical (unpaired) electrons. The van der Waals surface area contributed by atoms with E-state index in [-0.39, 0.29) is 24.4 Å². The van der Waals surface area contributed by atoms with Gasteiger partial charge in [-0.3, -0.25) is 9.69 Å². The largest absolute Gasteiger partial charge is 0.339 e. The Hall–Kier alpha value is 0.210. The summed E-state index contributed by atoms with van der Waals surface area (Å²) in [5, 5.41) is 0. The average Bonchev–Trinajstić information content (AvgIpc) is 2.90. The van der Waals surface area contributed by atoms with Crippen molar-refractivity contribution in [1.82, 2.24) is 9.80 Å². The SMILES string of the molecule is CSCCC(N)C(=O)N1CCN(Cc2ccc(Br)s2)CC1.Cl. The Kier molecular flexibility index (Phi) is 9.35. The van der Waals surface area contributed by atoms with E-state index >= 15 is 0 Å². The Bertz CT molecular complexity index is 467. The number of thiophene rings is 1. The highest BCUT2D eigenvalue weighted by Crippen LogP contribution is 2.23. The number of hydrogen-bond acceptors (Lipinski definition) is 5. The lowest BCUT2D eigenvalue weighted by atomic mass is 10.2. The van der Waals surface area contributed by atoms with E-state index in [4.69, 9.17) is 5.73 Å². The molecule has 1 fully saturated rings. The zero-order valence-corrected chi connectivity index (χ0v) is 16.7. The van der Waals surface area contributed by atoms with Crippen LogP contribution in [0, 0.1) is 0 Å². The minimum atomic E-state index is -0.336. The minimum absolute atomic E-state index is 0. The van der Waals surface area contributed by atoms with Crippen molar-refractivity contribution in [3.63, 3.8) is 0 Å². The minimum Gasteiger partial charge on any atom is -0.339 e. The van der Waals surface area contributed by atoms with Gasteiger partial charge in [0.2, 0.25) is 5.91 Å². The quantitative estimate of drug-likeness (QED) is 0.757. The van der Waals surface area contributed by atoms with Crippen LogP contribution in [0.2, 0.25) is 0 Å². The second-order valence-electron chi connectivity index (χ2n) is 5.20. The third-order valence-corrected chi connectivity index (χ3v) is 5.89. The molecule has 4 nitrogen and oxygen atoms in total. The van der Waals surface area contributed by atoms with Gasteiger partial charge in [-0.1, -0.05) is 0 Å². The molecule has 1 aromatic heterocycles. The molecule has 8 heteroatoms. The van der Waals surface area contributed by atoms with Gasteiger partial charge in [-0.2, -0.15) is 11.8 Å². The first-order valence-electron chi connectivity index (χ1n) is 7.10. The molecule has 2 N–H and O–H groups in total. The van der Waals surface area contributed by atoms with E-state index in [0.29, 0.717) is 0 Å². The second kappa shape index (κ2) is 10.2. The van der Waals surface area contributed by atoms with Crippen LogP contribution in [0.4, 0.5) is 0 Å². The van der Waals surface area contributed by atoms with Gasteiger partial charge >= 0.3 is 0 Å². The third kappa shape index (κ3) is 6.02. The fourth-order valence-corrected chi connectivity index (χ4v) is 4.40. The summed E-state index contributed by atoms with van der Waals surface area (Å²) < 4.78 is 1.17. The van der Waals surface area contributed by atoms with Crippen molar-refractivity contribution in [2.75, 3.05) is 38.2 Å². The molecule has 126 valence electrons. The predicted molar refractivity (Wildman–Crippen MR) is 102 cm³/mol. The summed E-state index contributed by atoms with van der Waals surface area (Å²) in [7, 11) is 0. The second-order valence-corrected chi connectivity index (χ2v) is 8.73. The zero-order valence-electron chi connectivity index (χ0n) is 12.7. The van der Waals surface area contributed by atoms with E-state index < -0.39 is 0 Å². The van der Waals surface area contributed by atoms with E-state index in [1.807, 2.05) is 11.2 Å². The van der Waals surface area contributed by atoms with Crippen molar-refractivity contribution in [2.45, 2.75) is 19.0 Å². The Balaban J connectivity index is 0.00000242. The maximum atomic E-state index is 12.2. The first kappa shape index (κ1) is 20.3. The van der Waals surface area contributed by atoms with Crippen molar-refractivity contribution < 1.29 is 4.79 Å². The maximum absolute atomic E-state index is 12.2. The Morgan fingerprint density at radius 2 is 2.09 bits per heavy atom. The molecular formula is C14H23BrClN3OS2. The highest BCUT2D eigenvalue weighted by Gasteiger charge is 2.25. The lowest BCUT2D eigenvalue weighted by molar-refractivity contribution is -0.134. The van der Waals surface area contributed by atoms with Crippen molar-refractivity contribution in [1.29, 1.82) is 0 Å². The molecule has 0 saturated carbocycles. The van der Waals surface area contributed by atoms with Gasteiger partial charge in [0.15, 0.2) is 0 Å². The number of hydrogen-bond donors (Lipinski definition) is 1. The standard InChI is InChI=1S/C14H22BrN3OS2.ClH/c1-20-9-4-12(16)14(19)18-7-5-17(6-8-18)10-11-2-3-13(15)21-11;/h2-3,12H,4-10,16H2,1H3;1H. The maximum Gasteiger partial charge on any atom is 0.239 e. The molecule has 0 aromatic carbocycles. The van der Waals surface area contributed by atoms with Crippen molar-refractivity contribution in [3.8, 4) is 0 Å². The molecule has 1 unspecified atom stereocenters. The van der Waals surface area contributed by atoms with Crippen LogP contribution in [0.1, 0.15) is 11.3 Å². The number of carbonyl (C=O) groups excluding carboxylic acids is 1. The molecule has 1 aliphatic rings. The molecule has 0 bridgehead atoms. The molecule has 2 heterocycles. The molecular weight excluding hydrogens is 406 g/mol. The Morgan fingerprint density at radius 1 is 1.41 bits per heavy atom. The lowest BCUT2D eigenvalue weighted by Gasteiger charge is -2.35. The van der Waals surface area contributed by atoms with E-state index in [0.717, 1.165) is 44.9 Å². The Morgan fingerprint density at radius 3 is 2.64 bits per heavy atom. The number of rotatable bonds is 6. The van der Waals surface area contributed by atoms with E-state index in [2.05, 4.69) is 33.0 Å². The van der Waals surface area contributed by atoms with E-state index in [1.54, 1.807) is 23.1 Å². The van der Waals surface area contributed by atoms with Crippen LogP contribution in [0.5, 0.6) is 0 Å². The predicted octanol–water partition coefficient (Wildman–Crippen LogP) is 2.66. The highest BCUT2D eigenvalue weighted by molar-refractivity contribution is 9.11. The van der Waals surface area contributed by atoms with Crippen LogP contribution in [-0.2, 0) is 11.3 Å². The van der Waals surface area contributed by atoms with Crippen molar-refractivity contribution in [3.05, 3.63) is 20.8 Å². The summed E-state index contributed by atoms with van der Waals surface area (Å²) in [4.78, 5) is 17.9. The molecule has 2 rings (SSSR count). The molecule has 1 aromatic rings. The zero-order chi connectivity index (χ0) is 15.2. The summed E-state index contributed by atoms with van der Waals surface area (Å²) in [6.07, 6.45) is 2.81. The summed E-state index contributed by atoms with van der Waals surface area (Å²) in [5.41, 5.74) is 5.97. The van der Waals surface area contributed by atoms with Gasteiger partial charge in [0, 0.05) is 37.6 Å². The first-order chi connectivity index (χ1) is 10.1. The van der Waals surface area contributed by atoms with Gasteiger partial charge in [-0.25, -0.2) is 0 Å². The Labute approximate surface area is 155 Å². The number of piperazine rings is 1. The number of halogens is 2. The fourth-order valence-electron chi connectivity index (χ4n) is 2.39. The van der Waals surface area contributed by atoms with E-state index in [9.17, 15) is 4.79 Å². The van der Waals surface area contributed by atoms with Gasteiger partial charge < -0.3 is 10.6 Å². The van der Waals surface area contributed by atoms with Crippen molar-refractivity contribution in [2.24, 2.45) is 5.73 Å². The van der Waals surface area contributed by atoms with Crippen LogP contribution in [0.15, 0.2) is 15.9 Å². The van der Waals surface area contributed by atoms with Crippen LogP contribution in [-0.4, -0.2) is 59.9 Å². The summed E-state index contributed by atoms with van der Waals surface area (Å²) in [5.74, 6) is 1.06. The van der Waals surface area contributed by atoms with E-state index in [1.165, 1.54) is 8.66 Å². The van der Waals surface area contributed by atoms with Gasteiger partial charge in [0.1, 0.15) is 0 Å². The number of amides is 1. The molecule has 0 spiro atoms. The van der Waals surface area contributed by atoms with Crippen LogP contribution in [0.3, 0.4) is 0 Å². The summed E-state index contributed by atoms with van der Waals surface area (Å²) in [6, 6.07) is 3.91. The molecule has 1 atom stereocenters. The van der Waals surface area contributed by atoms with Gasteiger partial charge in [-0.15, -0.1) is 23.7 Å². The molecule has 1 saturated heterocycles. The van der Waals surface area contributed by atoms with Crippen LogP contribution < -0.4 is 5.73 Å². The summed E-state index contributed by atoms with van der Waals surface area (Å²) in [6.45, 7) is 4.40. The number of thioether (sulfide) groups is 1. The monoisotopic (exact) mass is 427 g/mol. The van der Waals surface area contributed by atoms with Gasteiger partial charge in [0.25, 0.3) is 0 Å². The van der Waals surface area contributed by atoms with Crippen LogP contribution >= 0.6 is 51.4 Å². The van der Waals surface area contributed by atoms with Gasteiger partial charge in [-0.05, 0) is 46.5 Å². The van der Waals surface area contributed by atoms with Gasteiger partial charge in [0.05, 0.1) is 9.83 Å².